The molecule has 0 rings (SSSR count). The maximum absolute atomic E-state index is 9.26. The van der Waals surface area contributed by atoms with Crippen LogP contribution in [0.4, 0.5) is 0 Å². The Kier molecular flexibility index (Phi) is 21.2. The van der Waals surface area contributed by atoms with E-state index in [1.165, 1.54) is 109 Å². The molecule has 2 nitrogen and oxygen atoms in total. The molecule has 0 aromatic carbocycles. The average molecular weight is 371 g/mol. The Hall–Kier alpha value is -0.0800. The molecule has 0 saturated carbocycles. The highest BCUT2D eigenvalue weighted by Gasteiger charge is 2.00. The highest BCUT2D eigenvalue weighted by Crippen LogP contribution is 2.15. The fourth-order valence-corrected chi connectivity index (χ4v) is 3.68. The fraction of sp³-hybridized carbons (Fsp3) is 1.00. The smallest absolute Gasteiger partial charge is 0.0770 e. The van der Waals surface area contributed by atoms with Crippen molar-refractivity contribution in [1.29, 1.82) is 0 Å². The van der Waals surface area contributed by atoms with Crippen LogP contribution in [0.25, 0.3) is 0 Å². The summed E-state index contributed by atoms with van der Waals surface area (Å²) in [7, 11) is 0. The van der Waals surface area contributed by atoms with Crippen molar-refractivity contribution in [3.8, 4) is 0 Å². The minimum Gasteiger partial charge on any atom is -0.394 e. The van der Waals surface area contributed by atoms with Crippen LogP contribution in [-0.4, -0.2) is 22.9 Å². The molecule has 0 bridgehead atoms. The van der Waals surface area contributed by atoms with Crippen molar-refractivity contribution in [3.63, 3.8) is 0 Å². The van der Waals surface area contributed by atoms with Crippen LogP contribution < -0.4 is 0 Å². The van der Waals surface area contributed by atoms with E-state index in [0.717, 1.165) is 18.8 Å². The highest BCUT2D eigenvalue weighted by molar-refractivity contribution is 4.54. The minimum atomic E-state index is -0.496. The van der Waals surface area contributed by atoms with Crippen molar-refractivity contribution in [2.24, 2.45) is 5.92 Å². The molecule has 0 heterocycles. The molecule has 0 aromatic rings. The lowest BCUT2D eigenvalue weighted by Crippen LogP contribution is -2.10. The van der Waals surface area contributed by atoms with Gasteiger partial charge in [0.25, 0.3) is 0 Å². The first-order valence-electron chi connectivity index (χ1n) is 12.0. The Bertz CT molecular complexity index is 253. The van der Waals surface area contributed by atoms with E-state index in [4.69, 9.17) is 5.11 Å². The molecule has 1 atom stereocenters. The van der Waals surface area contributed by atoms with Gasteiger partial charge in [0, 0.05) is 0 Å². The van der Waals surface area contributed by atoms with Gasteiger partial charge >= 0.3 is 0 Å². The molecular weight excluding hydrogens is 320 g/mol. The van der Waals surface area contributed by atoms with Crippen LogP contribution in [0.1, 0.15) is 136 Å². The predicted octanol–water partition coefficient (Wildman–Crippen LogP) is 7.41. The second kappa shape index (κ2) is 21.2. The third-order valence-corrected chi connectivity index (χ3v) is 5.53. The number of hydrogen-bond donors (Lipinski definition) is 2. The summed E-state index contributed by atoms with van der Waals surface area (Å²) in [5, 5.41) is 18.0. The van der Waals surface area contributed by atoms with Gasteiger partial charge in [0.2, 0.25) is 0 Å². The Morgan fingerprint density at radius 2 is 0.731 bits per heavy atom. The number of unbranched alkanes of at least 4 members (excludes halogenated alkanes) is 16. The van der Waals surface area contributed by atoms with Crippen LogP contribution in [0, 0.1) is 5.92 Å². The molecule has 0 amide bonds. The van der Waals surface area contributed by atoms with Gasteiger partial charge in [-0.05, 0) is 12.3 Å². The van der Waals surface area contributed by atoms with Gasteiger partial charge in [0.05, 0.1) is 12.7 Å². The first-order chi connectivity index (χ1) is 12.7. The molecule has 0 aliphatic heterocycles. The van der Waals surface area contributed by atoms with Crippen LogP contribution >= 0.6 is 0 Å². The van der Waals surface area contributed by atoms with Crippen LogP contribution in [0.2, 0.25) is 0 Å². The molecule has 2 heteroatoms. The first kappa shape index (κ1) is 25.9. The van der Waals surface area contributed by atoms with Crippen LogP contribution in [-0.2, 0) is 0 Å². The quantitative estimate of drug-likeness (QED) is 0.206. The van der Waals surface area contributed by atoms with E-state index >= 15 is 0 Å². The molecular formula is C24H50O2. The van der Waals surface area contributed by atoms with Crippen molar-refractivity contribution < 1.29 is 10.2 Å². The molecule has 0 fully saturated rings. The summed E-state index contributed by atoms with van der Waals surface area (Å²) >= 11 is 0. The van der Waals surface area contributed by atoms with Crippen molar-refractivity contribution in [3.05, 3.63) is 0 Å². The summed E-state index contributed by atoms with van der Waals surface area (Å²) in [4.78, 5) is 0. The molecule has 158 valence electrons. The maximum atomic E-state index is 9.26. The summed E-state index contributed by atoms with van der Waals surface area (Å²) in [6.45, 7) is 4.57. The fourth-order valence-electron chi connectivity index (χ4n) is 3.68. The number of hydrogen-bond acceptors (Lipinski definition) is 2. The Balaban J connectivity index is 3.01. The summed E-state index contributed by atoms with van der Waals surface area (Å²) < 4.78 is 0. The van der Waals surface area contributed by atoms with Gasteiger partial charge < -0.3 is 10.2 Å². The summed E-state index contributed by atoms with van der Waals surface area (Å²) in [5.74, 6) is 0.882. The third kappa shape index (κ3) is 22.0. The highest BCUT2D eigenvalue weighted by atomic mass is 16.3. The van der Waals surface area contributed by atoms with Gasteiger partial charge in [-0.3, -0.25) is 0 Å². The molecule has 0 saturated heterocycles. The SMILES string of the molecule is CC(C)CCCCCCCCCCCCCCCCCCC[C@H](O)CO. The summed E-state index contributed by atoms with van der Waals surface area (Å²) in [6.07, 6.45) is 25.2. The molecule has 2 N–H and O–H groups in total. The van der Waals surface area contributed by atoms with Crippen LogP contribution in [0.3, 0.4) is 0 Å². The van der Waals surface area contributed by atoms with Crippen LogP contribution in [0.5, 0.6) is 0 Å². The van der Waals surface area contributed by atoms with Gasteiger partial charge in [-0.1, -0.05) is 129 Å². The van der Waals surface area contributed by atoms with E-state index in [1.807, 2.05) is 0 Å². The molecule has 0 aliphatic carbocycles. The largest absolute Gasteiger partial charge is 0.394 e. The Labute approximate surface area is 165 Å². The zero-order valence-corrected chi connectivity index (χ0v) is 18.2. The lowest BCUT2D eigenvalue weighted by Gasteiger charge is -2.06. The Morgan fingerprint density at radius 1 is 0.462 bits per heavy atom. The second-order valence-electron chi connectivity index (χ2n) is 8.82. The lowest BCUT2D eigenvalue weighted by molar-refractivity contribution is 0.0860. The van der Waals surface area contributed by atoms with Gasteiger partial charge in [0.15, 0.2) is 0 Å². The zero-order valence-electron chi connectivity index (χ0n) is 18.2. The Morgan fingerprint density at radius 3 is 1.00 bits per heavy atom. The van der Waals surface area contributed by atoms with Crippen LogP contribution in [0.15, 0.2) is 0 Å². The summed E-state index contributed by atoms with van der Waals surface area (Å²) in [6, 6.07) is 0. The monoisotopic (exact) mass is 370 g/mol. The van der Waals surface area contributed by atoms with Gasteiger partial charge in [0.1, 0.15) is 0 Å². The predicted molar refractivity (Wildman–Crippen MR) is 116 cm³/mol. The third-order valence-electron chi connectivity index (χ3n) is 5.53. The van der Waals surface area contributed by atoms with E-state index in [1.54, 1.807) is 0 Å². The second-order valence-corrected chi connectivity index (χ2v) is 8.82. The lowest BCUT2D eigenvalue weighted by atomic mass is 10.0. The normalized spacial score (nSPS) is 12.8. The van der Waals surface area contributed by atoms with E-state index in [0.29, 0.717) is 0 Å². The zero-order chi connectivity index (χ0) is 19.3. The molecule has 0 aromatic heterocycles. The van der Waals surface area contributed by atoms with Gasteiger partial charge in [-0.25, -0.2) is 0 Å². The van der Waals surface area contributed by atoms with Crippen molar-refractivity contribution in [2.75, 3.05) is 6.61 Å². The van der Waals surface area contributed by atoms with E-state index < -0.39 is 6.10 Å². The molecule has 26 heavy (non-hydrogen) atoms. The van der Waals surface area contributed by atoms with E-state index in [2.05, 4.69) is 13.8 Å². The number of aliphatic hydroxyl groups excluding tert-OH is 2. The van der Waals surface area contributed by atoms with E-state index in [-0.39, 0.29) is 6.61 Å². The summed E-state index contributed by atoms with van der Waals surface area (Å²) in [5.41, 5.74) is 0. The van der Waals surface area contributed by atoms with Gasteiger partial charge in [-0.15, -0.1) is 0 Å². The molecule has 0 radical (unpaired) electrons. The molecule has 0 aliphatic rings. The topological polar surface area (TPSA) is 40.5 Å². The minimum absolute atomic E-state index is 0.0849. The number of aliphatic hydroxyl groups is 2. The first-order valence-corrected chi connectivity index (χ1v) is 12.0. The molecule has 0 spiro atoms. The van der Waals surface area contributed by atoms with Gasteiger partial charge in [-0.2, -0.15) is 0 Å². The average Bonchev–Trinajstić information content (AvgIpc) is 2.63. The molecule has 0 unspecified atom stereocenters. The van der Waals surface area contributed by atoms with Crippen molar-refractivity contribution in [1.82, 2.24) is 0 Å². The van der Waals surface area contributed by atoms with Crippen molar-refractivity contribution in [2.45, 2.75) is 142 Å². The standard InChI is InChI=1S/C24H50O2/c1-23(2)20-18-16-14-12-10-8-6-4-3-5-7-9-11-13-15-17-19-21-24(26)22-25/h23-26H,3-22H2,1-2H3/t24-/m0/s1. The number of rotatable bonds is 21. The van der Waals surface area contributed by atoms with E-state index in [9.17, 15) is 5.11 Å². The van der Waals surface area contributed by atoms with Crippen molar-refractivity contribution >= 4 is 0 Å². The maximum Gasteiger partial charge on any atom is 0.0770 e.